The Morgan fingerprint density at radius 3 is 2.84 bits per heavy atom. The average molecular weight is 266 g/mol. The molecule has 2 rings (SSSR count). The van der Waals surface area contributed by atoms with Gasteiger partial charge in [0.25, 0.3) is 0 Å². The number of rotatable bonds is 5. The largest absolute Gasteiger partial charge is 0.496 e. The molecule has 19 heavy (non-hydrogen) atoms. The van der Waals surface area contributed by atoms with Crippen molar-refractivity contribution in [2.75, 3.05) is 20.7 Å². The lowest BCUT2D eigenvalue weighted by molar-refractivity contribution is 0.230. The molecule has 0 amide bonds. The standard InChI is InChI=1S/C15H23FN2O/c1-18(14-5-3-4-13(14)17)9-8-11-10-12(16)6-7-15(11)19-2/h6-7,10,13-14H,3-5,8-9,17H2,1-2H3. The summed E-state index contributed by atoms with van der Waals surface area (Å²) in [5, 5.41) is 0. The van der Waals surface area contributed by atoms with Gasteiger partial charge in [0.2, 0.25) is 0 Å². The van der Waals surface area contributed by atoms with Crippen LogP contribution in [0.4, 0.5) is 4.39 Å². The summed E-state index contributed by atoms with van der Waals surface area (Å²) in [5.41, 5.74) is 7.02. The molecule has 1 aromatic rings. The van der Waals surface area contributed by atoms with Crippen molar-refractivity contribution in [3.05, 3.63) is 29.6 Å². The van der Waals surface area contributed by atoms with Crippen molar-refractivity contribution in [3.8, 4) is 5.75 Å². The number of nitrogens with zero attached hydrogens (tertiary/aromatic N) is 1. The van der Waals surface area contributed by atoms with E-state index in [0.717, 1.165) is 37.1 Å². The van der Waals surface area contributed by atoms with E-state index in [4.69, 9.17) is 10.5 Å². The summed E-state index contributed by atoms with van der Waals surface area (Å²) in [4.78, 5) is 2.29. The van der Waals surface area contributed by atoms with E-state index >= 15 is 0 Å². The fourth-order valence-electron chi connectivity index (χ4n) is 2.92. The van der Waals surface area contributed by atoms with Gasteiger partial charge in [-0.15, -0.1) is 0 Å². The Balaban J connectivity index is 1.96. The van der Waals surface area contributed by atoms with Gasteiger partial charge in [-0.2, -0.15) is 0 Å². The first-order chi connectivity index (χ1) is 9.11. The van der Waals surface area contributed by atoms with Crippen LogP contribution in [0.3, 0.4) is 0 Å². The summed E-state index contributed by atoms with van der Waals surface area (Å²) in [5.74, 6) is 0.543. The maximum absolute atomic E-state index is 13.3. The van der Waals surface area contributed by atoms with E-state index in [2.05, 4.69) is 11.9 Å². The summed E-state index contributed by atoms with van der Waals surface area (Å²) in [6, 6.07) is 5.41. The van der Waals surface area contributed by atoms with E-state index in [1.54, 1.807) is 19.2 Å². The molecule has 0 spiro atoms. The van der Waals surface area contributed by atoms with Gasteiger partial charge < -0.3 is 15.4 Å². The number of halogens is 1. The van der Waals surface area contributed by atoms with Crippen LogP contribution in [0.25, 0.3) is 0 Å². The van der Waals surface area contributed by atoms with E-state index in [0.29, 0.717) is 6.04 Å². The Morgan fingerprint density at radius 2 is 2.21 bits per heavy atom. The molecule has 2 N–H and O–H groups in total. The lowest BCUT2D eigenvalue weighted by atomic mass is 10.1. The van der Waals surface area contributed by atoms with E-state index in [1.807, 2.05) is 0 Å². The highest BCUT2D eigenvalue weighted by Gasteiger charge is 2.27. The highest BCUT2D eigenvalue weighted by molar-refractivity contribution is 5.34. The molecule has 1 aliphatic carbocycles. The number of ether oxygens (including phenoxy) is 1. The van der Waals surface area contributed by atoms with Gasteiger partial charge in [0.15, 0.2) is 0 Å². The normalized spacial score (nSPS) is 23.0. The van der Waals surface area contributed by atoms with Crippen molar-refractivity contribution in [2.24, 2.45) is 5.73 Å². The topological polar surface area (TPSA) is 38.5 Å². The number of hydrogen-bond acceptors (Lipinski definition) is 3. The molecule has 0 bridgehead atoms. The third-order valence-corrected chi connectivity index (χ3v) is 4.07. The van der Waals surface area contributed by atoms with Crippen molar-refractivity contribution in [1.29, 1.82) is 0 Å². The van der Waals surface area contributed by atoms with Crippen LogP contribution in [0.1, 0.15) is 24.8 Å². The smallest absolute Gasteiger partial charge is 0.123 e. The van der Waals surface area contributed by atoms with Crippen LogP contribution in [0.15, 0.2) is 18.2 Å². The average Bonchev–Trinajstić information content (AvgIpc) is 2.82. The molecule has 1 saturated carbocycles. The monoisotopic (exact) mass is 266 g/mol. The van der Waals surface area contributed by atoms with Crippen molar-refractivity contribution >= 4 is 0 Å². The van der Waals surface area contributed by atoms with Crippen molar-refractivity contribution in [1.82, 2.24) is 4.90 Å². The summed E-state index contributed by atoms with van der Waals surface area (Å²) in [6.07, 6.45) is 4.26. The van der Waals surface area contributed by atoms with Gasteiger partial charge in [0.1, 0.15) is 11.6 Å². The van der Waals surface area contributed by atoms with Gasteiger partial charge in [-0.25, -0.2) is 4.39 Å². The molecule has 0 saturated heterocycles. The number of nitrogens with two attached hydrogens (primary N) is 1. The van der Waals surface area contributed by atoms with E-state index in [1.165, 1.54) is 12.5 Å². The zero-order chi connectivity index (χ0) is 13.8. The van der Waals surface area contributed by atoms with Crippen LogP contribution >= 0.6 is 0 Å². The molecule has 2 unspecified atom stereocenters. The minimum Gasteiger partial charge on any atom is -0.496 e. The Labute approximate surface area is 114 Å². The minimum absolute atomic E-state index is 0.212. The molecule has 0 heterocycles. The second-order valence-electron chi connectivity index (χ2n) is 5.35. The molecular formula is C15H23FN2O. The van der Waals surface area contributed by atoms with Gasteiger partial charge in [-0.05, 0) is 50.1 Å². The predicted octanol–water partition coefficient (Wildman–Crippen LogP) is 2.19. The van der Waals surface area contributed by atoms with Crippen LogP contribution in [-0.2, 0) is 6.42 Å². The molecule has 1 aliphatic rings. The number of methoxy groups -OCH3 is 1. The second-order valence-corrected chi connectivity index (χ2v) is 5.35. The molecule has 3 nitrogen and oxygen atoms in total. The third-order valence-electron chi connectivity index (χ3n) is 4.07. The quantitative estimate of drug-likeness (QED) is 0.888. The lowest BCUT2D eigenvalue weighted by Crippen LogP contribution is -2.43. The summed E-state index contributed by atoms with van der Waals surface area (Å²) in [7, 11) is 3.72. The molecular weight excluding hydrogens is 243 g/mol. The van der Waals surface area contributed by atoms with E-state index < -0.39 is 0 Å². The van der Waals surface area contributed by atoms with Crippen LogP contribution < -0.4 is 10.5 Å². The predicted molar refractivity (Wildman–Crippen MR) is 74.9 cm³/mol. The maximum Gasteiger partial charge on any atom is 0.123 e. The van der Waals surface area contributed by atoms with Crippen LogP contribution in [-0.4, -0.2) is 37.7 Å². The van der Waals surface area contributed by atoms with Crippen molar-refractivity contribution < 1.29 is 9.13 Å². The number of likely N-dealkylation sites (N-methyl/N-ethyl adjacent to an activating group) is 1. The van der Waals surface area contributed by atoms with E-state index in [-0.39, 0.29) is 11.9 Å². The van der Waals surface area contributed by atoms with Gasteiger partial charge >= 0.3 is 0 Å². The summed E-state index contributed by atoms with van der Waals surface area (Å²) in [6.45, 7) is 0.873. The van der Waals surface area contributed by atoms with Crippen LogP contribution in [0.5, 0.6) is 5.75 Å². The highest BCUT2D eigenvalue weighted by atomic mass is 19.1. The molecule has 1 fully saturated rings. The fraction of sp³-hybridized carbons (Fsp3) is 0.600. The fourth-order valence-corrected chi connectivity index (χ4v) is 2.92. The first-order valence-corrected chi connectivity index (χ1v) is 6.90. The molecule has 0 aromatic heterocycles. The zero-order valence-corrected chi connectivity index (χ0v) is 11.7. The van der Waals surface area contributed by atoms with Crippen molar-refractivity contribution in [2.45, 2.75) is 37.8 Å². The zero-order valence-electron chi connectivity index (χ0n) is 11.7. The maximum atomic E-state index is 13.3. The summed E-state index contributed by atoms with van der Waals surface area (Å²) < 4.78 is 18.6. The SMILES string of the molecule is COc1ccc(F)cc1CCN(C)C1CCCC1N. The van der Waals surface area contributed by atoms with Crippen LogP contribution in [0.2, 0.25) is 0 Å². The molecule has 2 atom stereocenters. The highest BCUT2D eigenvalue weighted by Crippen LogP contribution is 2.24. The third kappa shape index (κ3) is 3.45. The van der Waals surface area contributed by atoms with Gasteiger partial charge in [-0.3, -0.25) is 0 Å². The first kappa shape index (κ1) is 14.3. The van der Waals surface area contributed by atoms with E-state index in [9.17, 15) is 4.39 Å². The lowest BCUT2D eigenvalue weighted by Gasteiger charge is -2.27. The Bertz CT molecular complexity index is 425. The van der Waals surface area contributed by atoms with Crippen LogP contribution in [0, 0.1) is 5.82 Å². The first-order valence-electron chi connectivity index (χ1n) is 6.90. The summed E-state index contributed by atoms with van der Waals surface area (Å²) >= 11 is 0. The Kier molecular flexibility index (Phi) is 4.77. The molecule has 4 heteroatoms. The molecule has 0 aliphatic heterocycles. The number of benzene rings is 1. The Hall–Kier alpha value is -1.13. The second kappa shape index (κ2) is 6.35. The van der Waals surface area contributed by atoms with Gasteiger partial charge in [0, 0.05) is 18.6 Å². The molecule has 1 aromatic carbocycles. The molecule has 106 valence electrons. The number of hydrogen-bond donors (Lipinski definition) is 1. The molecule has 0 radical (unpaired) electrons. The van der Waals surface area contributed by atoms with Gasteiger partial charge in [-0.1, -0.05) is 6.42 Å². The minimum atomic E-state index is -0.212. The van der Waals surface area contributed by atoms with Crippen molar-refractivity contribution in [3.63, 3.8) is 0 Å². The Morgan fingerprint density at radius 1 is 1.42 bits per heavy atom. The van der Waals surface area contributed by atoms with Gasteiger partial charge in [0.05, 0.1) is 7.11 Å².